The van der Waals surface area contributed by atoms with Crippen molar-refractivity contribution in [2.24, 2.45) is 5.73 Å². The lowest BCUT2D eigenvalue weighted by molar-refractivity contribution is -0.479. The molecule has 7 heteroatoms. The summed E-state index contributed by atoms with van der Waals surface area (Å²) in [6.45, 7) is 1.05. The maximum atomic E-state index is 11.6. The molecule has 0 aliphatic heterocycles. The predicted molar refractivity (Wildman–Crippen MR) is 66.1 cm³/mol. The Balaban J connectivity index is 2.62. The third-order valence-corrected chi connectivity index (χ3v) is 2.41. The minimum absolute atomic E-state index is 0.168. The van der Waals surface area contributed by atoms with Gasteiger partial charge in [-0.3, -0.25) is 20.6 Å². The van der Waals surface area contributed by atoms with Gasteiger partial charge in [-0.2, -0.15) is 0 Å². The average molecular weight is 266 g/mol. The van der Waals surface area contributed by atoms with Crippen LogP contribution < -0.4 is 5.73 Å². The summed E-state index contributed by atoms with van der Waals surface area (Å²) in [6.07, 6.45) is -0.989. The zero-order valence-electron chi connectivity index (χ0n) is 10.4. The molecule has 0 heterocycles. The van der Waals surface area contributed by atoms with Crippen molar-refractivity contribution >= 4 is 11.8 Å². The lowest BCUT2D eigenvalue weighted by Crippen LogP contribution is -2.33. The van der Waals surface area contributed by atoms with Crippen molar-refractivity contribution in [2.75, 3.05) is 6.54 Å². The van der Waals surface area contributed by atoms with Crippen molar-refractivity contribution in [1.82, 2.24) is 0 Å². The number of carbonyl (C=O) groups excluding carboxylic acids is 2. The molecule has 0 saturated heterocycles. The quantitative estimate of drug-likeness (QED) is 0.348. The first-order valence-corrected chi connectivity index (χ1v) is 5.58. The summed E-state index contributed by atoms with van der Waals surface area (Å²) in [7, 11) is 0. The number of nitrogens with zero attached hydrogens (tertiary/aromatic N) is 1. The van der Waals surface area contributed by atoms with Crippen LogP contribution in [0.1, 0.15) is 22.8 Å². The Morgan fingerprint density at radius 2 is 1.95 bits per heavy atom. The van der Waals surface area contributed by atoms with E-state index in [0.29, 0.717) is 0 Å². The second-order valence-electron chi connectivity index (χ2n) is 3.94. The van der Waals surface area contributed by atoms with Gasteiger partial charge in [0.1, 0.15) is 0 Å². The third-order valence-electron chi connectivity index (χ3n) is 2.41. The average Bonchev–Trinajstić information content (AvgIpc) is 2.36. The van der Waals surface area contributed by atoms with E-state index in [0.717, 1.165) is 5.56 Å². The minimum atomic E-state index is -1.28. The molecule has 0 radical (unpaired) electrons. The van der Waals surface area contributed by atoms with Crippen molar-refractivity contribution in [2.45, 2.75) is 19.6 Å². The molecule has 19 heavy (non-hydrogen) atoms. The number of Topliss-reactive ketones (excluding diaryl/α,β-unsaturated/α-hetero) is 1. The number of nitrogens with two attached hydrogens (primary N) is 1. The summed E-state index contributed by atoms with van der Waals surface area (Å²) in [5, 5.41) is 10.2. The Hall–Kier alpha value is -2.28. The van der Waals surface area contributed by atoms with Gasteiger partial charge in [-0.1, -0.05) is 12.1 Å². The van der Waals surface area contributed by atoms with Crippen LogP contribution in [0.3, 0.4) is 0 Å². The number of esters is 1. The molecule has 0 fully saturated rings. The molecule has 1 atom stereocenters. The molecule has 102 valence electrons. The number of ketones is 1. The third kappa shape index (κ3) is 4.84. The maximum Gasteiger partial charge on any atom is 0.340 e. The fourth-order valence-electron chi connectivity index (χ4n) is 1.29. The Kier molecular flexibility index (Phi) is 5.13. The Bertz CT molecular complexity index is 483. The van der Waals surface area contributed by atoms with Crippen molar-refractivity contribution in [3.05, 3.63) is 45.5 Å². The van der Waals surface area contributed by atoms with Crippen LogP contribution in [0, 0.1) is 10.1 Å². The molecule has 7 nitrogen and oxygen atoms in total. The zero-order chi connectivity index (χ0) is 14.4. The number of benzene rings is 1. The van der Waals surface area contributed by atoms with Crippen molar-refractivity contribution in [1.29, 1.82) is 0 Å². The van der Waals surface area contributed by atoms with Gasteiger partial charge >= 0.3 is 5.97 Å². The molecular formula is C12H14N2O5. The fourth-order valence-corrected chi connectivity index (χ4v) is 1.29. The highest BCUT2D eigenvalue weighted by Gasteiger charge is 2.15. The van der Waals surface area contributed by atoms with E-state index in [-0.39, 0.29) is 18.5 Å². The van der Waals surface area contributed by atoms with Crippen molar-refractivity contribution in [3.63, 3.8) is 0 Å². The van der Waals surface area contributed by atoms with Gasteiger partial charge in [0.15, 0.2) is 5.78 Å². The second kappa shape index (κ2) is 6.60. The monoisotopic (exact) mass is 266 g/mol. The first-order chi connectivity index (χ1) is 8.90. The smallest absolute Gasteiger partial charge is 0.340 e. The van der Waals surface area contributed by atoms with E-state index < -0.39 is 22.9 Å². The number of carbonyl (C=O) groups is 2. The van der Waals surface area contributed by atoms with Crippen molar-refractivity contribution in [3.8, 4) is 0 Å². The van der Waals surface area contributed by atoms with Gasteiger partial charge in [-0.25, -0.2) is 4.79 Å². The summed E-state index contributed by atoms with van der Waals surface area (Å²) < 4.78 is 4.72. The highest BCUT2D eigenvalue weighted by molar-refractivity contribution is 5.92. The van der Waals surface area contributed by atoms with Gasteiger partial charge in [0, 0.05) is 11.3 Å². The van der Waals surface area contributed by atoms with Crippen LogP contribution in [-0.4, -0.2) is 29.4 Å². The Morgan fingerprint density at radius 1 is 1.37 bits per heavy atom. The first kappa shape index (κ1) is 14.8. The van der Waals surface area contributed by atoms with Crippen molar-refractivity contribution < 1.29 is 19.2 Å². The van der Waals surface area contributed by atoms with Crippen LogP contribution >= 0.6 is 0 Å². The van der Waals surface area contributed by atoms with E-state index in [4.69, 9.17) is 10.5 Å². The van der Waals surface area contributed by atoms with E-state index in [1.807, 2.05) is 0 Å². The van der Waals surface area contributed by atoms with Crippen LogP contribution in [-0.2, 0) is 16.0 Å². The van der Waals surface area contributed by atoms with E-state index >= 15 is 0 Å². The lowest BCUT2D eigenvalue weighted by atomic mass is 10.1. The summed E-state index contributed by atoms with van der Waals surface area (Å²) in [5.74, 6) is -1.15. The number of rotatable bonds is 6. The van der Waals surface area contributed by atoms with Crippen LogP contribution in [0.2, 0.25) is 0 Å². The molecule has 2 N–H and O–H groups in total. The topological polar surface area (TPSA) is 113 Å². The highest BCUT2D eigenvalue weighted by atomic mass is 16.6. The van der Waals surface area contributed by atoms with Gasteiger partial charge in [0.05, 0.1) is 5.56 Å². The van der Waals surface area contributed by atoms with Crippen LogP contribution in [0.15, 0.2) is 24.3 Å². The van der Waals surface area contributed by atoms with E-state index in [1.54, 1.807) is 12.1 Å². The summed E-state index contributed by atoms with van der Waals surface area (Å²) in [5.41, 5.74) is 6.28. The molecule has 0 aromatic heterocycles. The predicted octanol–water partition coefficient (Wildman–Crippen LogP) is 0.536. The van der Waals surface area contributed by atoms with Gasteiger partial charge in [-0.05, 0) is 24.6 Å². The lowest BCUT2D eigenvalue weighted by Gasteiger charge is -2.09. The van der Waals surface area contributed by atoms with Gasteiger partial charge in [0.2, 0.25) is 12.8 Å². The SMILES string of the molecule is CC(=O)C(N)OC(=O)c1ccc(CC[N+](=O)[O-])cc1. The molecule has 1 aromatic carbocycles. The summed E-state index contributed by atoms with van der Waals surface area (Å²) in [4.78, 5) is 32.2. The van der Waals surface area contributed by atoms with Crippen LogP contribution in [0.25, 0.3) is 0 Å². The van der Waals surface area contributed by atoms with Crippen LogP contribution in [0.4, 0.5) is 0 Å². The largest absolute Gasteiger partial charge is 0.436 e. The highest BCUT2D eigenvalue weighted by Crippen LogP contribution is 2.07. The standard InChI is InChI=1S/C12H14N2O5/c1-8(15)11(13)19-12(16)10-4-2-9(3-5-10)6-7-14(17)18/h2-5,11H,6-7,13H2,1H3. The molecule has 1 aromatic rings. The minimum Gasteiger partial charge on any atom is -0.436 e. The maximum absolute atomic E-state index is 11.6. The molecular weight excluding hydrogens is 252 g/mol. The normalized spacial score (nSPS) is 11.7. The number of hydrogen-bond acceptors (Lipinski definition) is 6. The molecule has 0 spiro atoms. The molecule has 0 aliphatic carbocycles. The van der Waals surface area contributed by atoms with Gasteiger partial charge in [-0.15, -0.1) is 0 Å². The van der Waals surface area contributed by atoms with Gasteiger partial charge in [0.25, 0.3) is 0 Å². The Morgan fingerprint density at radius 3 is 2.42 bits per heavy atom. The molecule has 1 unspecified atom stereocenters. The van der Waals surface area contributed by atoms with Crippen LogP contribution in [0.5, 0.6) is 0 Å². The summed E-state index contributed by atoms with van der Waals surface area (Å²) in [6, 6.07) is 6.15. The molecule has 0 bridgehead atoms. The zero-order valence-corrected chi connectivity index (χ0v) is 10.4. The van der Waals surface area contributed by atoms with E-state index in [2.05, 4.69) is 0 Å². The molecule has 0 aliphatic rings. The fraction of sp³-hybridized carbons (Fsp3) is 0.333. The first-order valence-electron chi connectivity index (χ1n) is 5.58. The van der Waals surface area contributed by atoms with E-state index in [9.17, 15) is 19.7 Å². The summed E-state index contributed by atoms with van der Waals surface area (Å²) >= 11 is 0. The number of hydrogen-bond donors (Lipinski definition) is 1. The molecule has 0 amide bonds. The number of nitro groups is 1. The number of ether oxygens (including phenoxy) is 1. The van der Waals surface area contributed by atoms with E-state index in [1.165, 1.54) is 19.1 Å². The second-order valence-corrected chi connectivity index (χ2v) is 3.94. The van der Waals surface area contributed by atoms with Gasteiger partial charge < -0.3 is 4.74 Å². The molecule has 0 saturated carbocycles. The molecule has 1 rings (SSSR count). The Labute approximate surface area is 109 Å².